The highest BCUT2D eigenvalue weighted by Crippen LogP contribution is 2.16. The third-order valence-electron chi connectivity index (χ3n) is 1.62. The zero-order valence-corrected chi connectivity index (χ0v) is 7.43. The number of hydrogen-bond acceptors (Lipinski definition) is 1. The van der Waals surface area contributed by atoms with Crippen LogP contribution >= 0.6 is 11.6 Å². The summed E-state index contributed by atoms with van der Waals surface area (Å²) in [6.07, 6.45) is 1.64. The Bertz CT molecular complexity index is 275. The van der Waals surface area contributed by atoms with E-state index in [2.05, 4.69) is 5.32 Å². The number of rotatable bonds is 3. The molecule has 3 heteroatoms. The smallest absolute Gasteiger partial charge is 0.0409 e. The minimum atomic E-state index is -0.0406. The molecule has 0 aliphatic rings. The van der Waals surface area contributed by atoms with E-state index in [4.69, 9.17) is 11.6 Å². The summed E-state index contributed by atoms with van der Waals surface area (Å²) in [5.41, 5.74) is 0.978. The minimum Gasteiger partial charge on any atom is -0.524 e. The molecule has 1 atom stereocenters. The van der Waals surface area contributed by atoms with E-state index in [1.54, 1.807) is 12.5 Å². The average molecular weight is 183 g/mol. The lowest BCUT2D eigenvalue weighted by Crippen LogP contribution is -2.15. The standard InChI is InChI=1S/C9H9ClNO/c1-7(11-6-12)8-3-2-4-9(10)5-8/h2-5,7H,1H3,(H,11,12)/q-1/t7-/m1/s1. The Balaban J connectivity index is 2.80. The molecule has 0 heterocycles. The molecule has 0 fully saturated rings. The largest absolute Gasteiger partial charge is 0.524 e. The van der Waals surface area contributed by atoms with Crippen LogP contribution in [-0.4, -0.2) is 6.41 Å². The van der Waals surface area contributed by atoms with Gasteiger partial charge in [-0.2, -0.15) is 6.41 Å². The Kier molecular flexibility index (Phi) is 3.11. The molecule has 0 saturated carbocycles. The van der Waals surface area contributed by atoms with Crippen molar-refractivity contribution in [1.29, 1.82) is 0 Å². The van der Waals surface area contributed by atoms with Crippen LogP contribution in [0.5, 0.6) is 0 Å². The fourth-order valence-corrected chi connectivity index (χ4v) is 1.15. The highest BCUT2D eigenvalue weighted by Gasteiger charge is 1.99. The molecule has 12 heavy (non-hydrogen) atoms. The first kappa shape index (κ1) is 9.07. The van der Waals surface area contributed by atoms with Crippen LogP contribution in [-0.2, 0) is 4.79 Å². The van der Waals surface area contributed by atoms with Gasteiger partial charge in [0.2, 0.25) is 0 Å². The normalized spacial score (nSPS) is 12.2. The van der Waals surface area contributed by atoms with Crippen molar-refractivity contribution in [1.82, 2.24) is 5.32 Å². The summed E-state index contributed by atoms with van der Waals surface area (Å²) in [5, 5.41) is 3.20. The predicted molar refractivity (Wildman–Crippen MR) is 48.7 cm³/mol. The zero-order valence-electron chi connectivity index (χ0n) is 6.67. The number of amides is 1. The van der Waals surface area contributed by atoms with Gasteiger partial charge in [-0.1, -0.05) is 23.7 Å². The second-order valence-corrected chi connectivity index (χ2v) is 2.96. The summed E-state index contributed by atoms with van der Waals surface area (Å²) in [6, 6.07) is 7.32. The fraction of sp³-hybridized carbons (Fsp3) is 0.222. The van der Waals surface area contributed by atoms with E-state index in [0.717, 1.165) is 5.56 Å². The van der Waals surface area contributed by atoms with E-state index in [-0.39, 0.29) is 6.04 Å². The average Bonchev–Trinajstić information content (AvgIpc) is 2.05. The fourth-order valence-electron chi connectivity index (χ4n) is 0.948. The molecule has 1 N–H and O–H groups in total. The van der Waals surface area contributed by atoms with Crippen molar-refractivity contribution in [3.8, 4) is 0 Å². The first-order valence-corrected chi connectivity index (χ1v) is 4.00. The molecule has 0 spiro atoms. The predicted octanol–water partition coefficient (Wildman–Crippen LogP) is 2.06. The second kappa shape index (κ2) is 4.12. The number of nitrogens with one attached hydrogen (secondary N) is 1. The van der Waals surface area contributed by atoms with Crippen molar-refractivity contribution in [2.75, 3.05) is 0 Å². The first-order valence-electron chi connectivity index (χ1n) is 3.62. The molecular formula is C9H9ClNO-. The maximum Gasteiger partial charge on any atom is 0.0409 e. The van der Waals surface area contributed by atoms with Crippen LogP contribution < -0.4 is 5.32 Å². The highest BCUT2D eigenvalue weighted by atomic mass is 35.5. The minimum absolute atomic E-state index is 0.0406. The summed E-state index contributed by atoms with van der Waals surface area (Å²) >= 11 is 5.76. The van der Waals surface area contributed by atoms with Crippen molar-refractivity contribution >= 4 is 18.0 Å². The van der Waals surface area contributed by atoms with Crippen molar-refractivity contribution < 1.29 is 4.79 Å². The number of hydrogen-bond donors (Lipinski definition) is 1. The molecule has 0 bridgehead atoms. The van der Waals surface area contributed by atoms with Gasteiger partial charge in [0.05, 0.1) is 0 Å². The maximum atomic E-state index is 10.0. The van der Waals surface area contributed by atoms with Crippen LogP contribution in [0.15, 0.2) is 24.3 Å². The van der Waals surface area contributed by atoms with Crippen LogP contribution in [0.25, 0.3) is 0 Å². The Labute approximate surface area is 76.5 Å². The topological polar surface area (TPSA) is 29.1 Å². The summed E-state index contributed by atoms with van der Waals surface area (Å²) in [4.78, 5) is 10.0. The van der Waals surface area contributed by atoms with Crippen LogP contribution in [0.1, 0.15) is 18.5 Å². The molecular weight excluding hydrogens is 174 g/mol. The summed E-state index contributed by atoms with van der Waals surface area (Å²) in [7, 11) is 0. The Hall–Kier alpha value is -1.02. The second-order valence-electron chi connectivity index (χ2n) is 2.52. The lowest BCUT2D eigenvalue weighted by Gasteiger charge is -2.17. The van der Waals surface area contributed by atoms with Crippen molar-refractivity contribution in [3.63, 3.8) is 0 Å². The van der Waals surface area contributed by atoms with Crippen molar-refractivity contribution in [3.05, 3.63) is 34.9 Å². The Morgan fingerprint density at radius 1 is 1.58 bits per heavy atom. The number of halogens is 1. The first-order chi connectivity index (χ1) is 5.74. The van der Waals surface area contributed by atoms with Gasteiger partial charge >= 0.3 is 0 Å². The van der Waals surface area contributed by atoms with Gasteiger partial charge in [0, 0.05) is 11.1 Å². The van der Waals surface area contributed by atoms with Gasteiger partial charge in [-0.25, -0.2) is 0 Å². The van der Waals surface area contributed by atoms with E-state index in [9.17, 15) is 4.79 Å². The SMILES string of the molecule is C[C@@H](N[C-]=O)c1cccc(Cl)c1. The van der Waals surface area contributed by atoms with E-state index in [1.807, 2.05) is 25.1 Å². The molecule has 1 aromatic rings. The van der Waals surface area contributed by atoms with Gasteiger partial charge in [-0.05, 0) is 24.6 Å². The third-order valence-corrected chi connectivity index (χ3v) is 1.86. The molecule has 0 unspecified atom stereocenters. The highest BCUT2D eigenvalue weighted by molar-refractivity contribution is 6.30. The molecule has 1 amide bonds. The molecule has 0 saturated heterocycles. The number of benzene rings is 1. The summed E-state index contributed by atoms with van der Waals surface area (Å²) < 4.78 is 0. The Morgan fingerprint density at radius 2 is 2.33 bits per heavy atom. The molecule has 1 aromatic carbocycles. The monoisotopic (exact) mass is 182 g/mol. The van der Waals surface area contributed by atoms with Crippen molar-refractivity contribution in [2.45, 2.75) is 13.0 Å². The molecule has 1 rings (SSSR count). The van der Waals surface area contributed by atoms with E-state index >= 15 is 0 Å². The lowest BCUT2D eigenvalue weighted by atomic mass is 10.1. The van der Waals surface area contributed by atoms with Gasteiger partial charge in [0.1, 0.15) is 0 Å². The quantitative estimate of drug-likeness (QED) is 0.563. The molecule has 0 radical (unpaired) electrons. The third kappa shape index (κ3) is 2.24. The van der Waals surface area contributed by atoms with Crippen LogP contribution in [0.4, 0.5) is 0 Å². The number of carbonyl (C=O) groups excluding carboxylic acids is 1. The van der Waals surface area contributed by atoms with Crippen LogP contribution in [0.2, 0.25) is 5.02 Å². The molecule has 64 valence electrons. The maximum absolute atomic E-state index is 10.0. The van der Waals surface area contributed by atoms with Crippen LogP contribution in [0, 0.1) is 0 Å². The van der Waals surface area contributed by atoms with E-state index in [0.29, 0.717) is 5.02 Å². The lowest BCUT2D eigenvalue weighted by molar-refractivity contribution is 0.529. The summed E-state index contributed by atoms with van der Waals surface area (Å²) in [5.74, 6) is 0. The van der Waals surface area contributed by atoms with Gasteiger partial charge in [-0.3, -0.25) is 0 Å². The van der Waals surface area contributed by atoms with E-state index < -0.39 is 0 Å². The molecule has 0 aliphatic carbocycles. The van der Waals surface area contributed by atoms with Gasteiger partial charge < -0.3 is 10.1 Å². The van der Waals surface area contributed by atoms with Gasteiger partial charge in [0.15, 0.2) is 0 Å². The van der Waals surface area contributed by atoms with Crippen molar-refractivity contribution in [2.24, 2.45) is 0 Å². The van der Waals surface area contributed by atoms with Gasteiger partial charge in [-0.15, -0.1) is 0 Å². The Morgan fingerprint density at radius 3 is 2.92 bits per heavy atom. The molecule has 0 aliphatic heterocycles. The van der Waals surface area contributed by atoms with Gasteiger partial charge in [0.25, 0.3) is 0 Å². The zero-order chi connectivity index (χ0) is 8.97. The van der Waals surface area contributed by atoms with E-state index in [1.165, 1.54) is 0 Å². The van der Waals surface area contributed by atoms with Crippen LogP contribution in [0.3, 0.4) is 0 Å². The summed E-state index contributed by atoms with van der Waals surface area (Å²) in [6.45, 7) is 1.87. The molecule has 2 nitrogen and oxygen atoms in total. The molecule has 0 aromatic heterocycles.